The first-order chi connectivity index (χ1) is 17.5. The third-order valence-electron chi connectivity index (χ3n) is 5.93. The Hall–Kier alpha value is -3.27. The van der Waals surface area contributed by atoms with E-state index in [9.17, 15) is 19.1 Å². The molecule has 1 N–H and O–H groups in total. The minimum atomic E-state index is -1.03. The Morgan fingerprint density at radius 1 is 1.11 bits per heavy atom. The van der Waals surface area contributed by atoms with E-state index in [0.29, 0.717) is 55.4 Å². The average Bonchev–Trinajstić information content (AvgIpc) is 3.26. The lowest BCUT2D eigenvalue weighted by Gasteiger charge is -2.27. The van der Waals surface area contributed by atoms with Crippen molar-refractivity contribution in [3.05, 3.63) is 94.6 Å². The molecular weight excluding hydrogens is 483 g/mol. The zero-order chi connectivity index (χ0) is 25.5. The Balaban J connectivity index is 1.43. The minimum absolute atomic E-state index is 0.0762. The van der Waals surface area contributed by atoms with Gasteiger partial charge in [-0.05, 0) is 66.4 Å². The lowest BCUT2D eigenvalue weighted by atomic mass is 9.96. The van der Waals surface area contributed by atoms with Gasteiger partial charge in [0.1, 0.15) is 11.2 Å². The second-order valence-corrected chi connectivity index (χ2v) is 9.32. The second kappa shape index (κ2) is 12.1. The molecule has 2 aromatic carbocycles. The van der Waals surface area contributed by atoms with Crippen molar-refractivity contribution in [1.82, 2.24) is 4.98 Å². The first-order valence-electron chi connectivity index (χ1n) is 11.6. The van der Waals surface area contributed by atoms with Gasteiger partial charge >= 0.3 is 5.97 Å². The summed E-state index contributed by atoms with van der Waals surface area (Å²) in [5.41, 5.74) is 3.82. The molecule has 0 bridgehead atoms. The molecule has 1 aromatic heterocycles. The summed E-state index contributed by atoms with van der Waals surface area (Å²) < 4.78 is 24.7. The van der Waals surface area contributed by atoms with E-state index in [-0.39, 0.29) is 22.7 Å². The van der Waals surface area contributed by atoms with Crippen LogP contribution in [0.3, 0.4) is 0 Å². The van der Waals surface area contributed by atoms with Gasteiger partial charge in [-0.1, -0.05) is 18.2 Å². The molecule has 188 valence electrons. The van der Waals surface area contributed by atoms with Crippen molar-refractivity contribution in [1.29, 1.82) is 0 Å². The molecule has 1 fully saturated rings. The Labute approximate surface area is 213 Å². The van der Waals surface area contributed by atoms with Gasteiger partial charge in [0.05, 0.1) is 43.4 Å². The van der Waals surface area contributed by atoms with Crippen LogP contribution in [-0.2, 0) is 27.3 Å². The standard InChI is InChI=1S/C27H27FN2O5S/c1-18-22(11-13-34-14-15-35-16-21-4-2-3-12-29-21)23(27(32)33)9-10-24(18)30-25(31)17-36-26(30)19-5-7-20(28)8-6-19/h2-10,12,26H,11,13-17H2,1H3,(H,32,33). The van der Waals surface area contributed by atoms with Crippen molar-refractivity contribution in [2.24, 2.45) is 0 Å². The predicted molar refractivity (Wildman–Crippen MR) is 136 cm³/mol. The molecule has 0 radical (unpaired) electrons. The number of aromatic nitrogens is 1. The first-order valence-corrected chi connectivity index (χ1v) is 12.6. The quantitative estimate of drug-likeness (QED) is 0.371. The number of rotatable bonds is 11. The third-order valence-corrected chi connectivity index (χ3v) is 7.14. The Kier molecular flexibility index (Phi) is 8.69. The van der Waals surface area contributed by atoms with Crippen LogP contribution in [0.4, 0.5) is 10.1 Å². The van der Waals surface area contributed by atoms with Gasteiger partial charge in [0, 0.05) is 11.9 Å². The highest BCUT2D eigenvalue weighted by molar-refractivity contribution is 8.00. The minimum Gasteiger partial charge on any atom is -0.478 e. The molecule has 36 heavy (non-hydrogen) atoms. The summed E-state index contributed by atoms with van der Waals surface area (Å²) in [6, 6.07) is 14.9. The number of carboxylic acids is 1. The Bertz CT molecular complexity index is 1210. The molecule has 9 heteroatoms. The highest BCUT2D eigenvalue weighted by Gasteiger charge is 2.35. The number of ether oxygens (including phenoxy) is 2. The molecule has 7 nitrogen and oxygen atoms in total. The number of hydrogen-bond acceptors (Lipinski definition) is 6. The van der Waals surface area contributed by atoms with Gasteiger partial charge in [0.15, 0.2) is 0 Å². The SMILES string of the molecule is Cc1c(N2C(=O)CSC2c2ccc(F)cc2)ccc(C(=O)O)c1CCOCCOCc1ccccn1. The fourth-order valence-corrected chi connectivity index (χ4v) is 5.31. The molecule has 1 amide bonds. The lowest BCUT2D eigenvalue weighted by molar-refractivity contribution is -0.115. The highest BCUT2D eigenvalue weighted by Crippen LogP contribution is 2.43. The molecule has 4 rings (SSSR count). The molecule has 0 spiro atoms. The number of aromatic carboxylic acids is 1. The summed E-state index contributed by atoms with van der Waals surface area (Å²) in [5, 5.41) is 9.44. The number of carbonyl (C=O) groups excluding carboxylic acids is 1. The number of anilines is 1. The largest absolute Gasteiger partial charge is 0.478 e. The third kappa shape index (κ3) is 6.10. The number of hydrogen-bond donors (Lipinski definition) is 1. The smallest absolute Gasteiger partial charge is 0.335 e. The van der Waals surface area contributed by atoms with Gasteiger partial charge in [-0.25, -0.2) is 9.18 Å². The highest BCUT2D eigenvalue weighted by atomic mass is 32.2. The van der Waals surface area contributed by atoms with Gasteiger partial charge in [0.2, 0.25) is 5.91 Å². The van der Waals surface area contributed by atoms with E-state index in [1.54, 1.807) is 29.3 Å². The van der Waals surface area contributed by atoms with E-state index >= 15 is 0 Å². The number of pyridine rings is 1. The molecule has 3 aromatic rings. The topological polar surface area (TPSA) is 89.0 Å². The molecule has 1 aliphatic rings. The zero-order valence-electron chi connectivity index (χ0n) is 19.9. The van der Waals surface area contributed by atoms with E-state index in [4.69, 9.17) is 9.47 Å². The van der Waals surface area contributed by atoms with Crippen LogP contribution in [0.5, 0.6) is 0 Å². The summed E-state index contributed by atoms with van der Waals surface area (Å²) in [5.74, 6) is -1.16. The fourth-order valence-electron chi connectivity index (χ4n) is 4.14. The molecule has 2 heterocycles. The summed E-state index contributed by atoms with van der Waals surface area (Å²) in [4.78, 5) is 30.6. The van der Waals surface area contributed by atoms with Gasteiger partial charge in [-0.15, -0.1) is 11.8 Å². The first kappa shape index (κ1) is 25.8. The van der Waals surface area contributed by atoms with E-state index in [1.807, 2.05) is 25.1 Å². The van der Waals surface area contributed by atoms with Crippen LogP contribution >= 0.6 is 11.8 Å². The molecule has 1 saturated heterocycles. The fraction of sp³-hybridized carbons (Fsp3) is 0.296. The van der Waals surface area contributed by atoms with Crippen LogP contribution in [0.25, 0.3) is 0 Å². The van der Waals surface area contributed by atoms with Gasteiger partial charge in [-0.2, -0.15) is 0 Å². The summed E-state index contributed by atoms with van der Waals surface area (Å²) in [7, 11) is 0. The summed E-state index contributed by atoms with van der Waals surface area (Å²) in [6.07, 6.45) is 2.08. The number of amides is 1. The summed E-state index contributed by atoms with van der Waals surface area (Å²) >= 11 is 1.46. The maximum atomic E-state index is 13.4. The molecule has 1 aliphatic heterocycles. The van der Waals surface area contributed by atoms with Crippen molar-refractivity contribution in [2.75, 3.05) is 30.5 Å². The van der Waals surface area contributed by atoms with Gasteiger partial charge in [0.25, 0.3) is 0 Å². The number of nitrogens with zero attached hydrogens (tertiary/aromatic N) is 2. The van der Waals surface area contributed by atoms with Crippen molar-refractivity contribution >= 4 is 29.3 Å². The molecule has 1 unspecified atom stereocenters. The van der Waals surface area contributed by atoms with E-state index in [2.05, 4.69) is 4.98 Å². The maximum Gasteiger partial charge on any atom is 0.335 e. The normalized spacial score (nSPS) is 15.4. The Morgan fingerprint density at radius 3 is 2.61 bits per heavy atom. The van der Waals surface area contributed by atoms with E-state index in [0.717, 1.165) is 11.3 Å². The lowest BCUT2D eigenvalue weighted by Crippen LogP contribution is -2.29. The predicted octanol–water partition coefficient (Wildman–Crippen LogP) is 4.78. The van der Waals surface area contributed by atoms with Crippen LogP contribution < -0.4 is 4.90 Å². The van der Waals surface area contributed by atoms with Crippen molar-refractivity contribution < 1.29 is 28.6 Å². The molecular formula is C27H27FN2O5S. The monoisotopic (exact) mass is 510 g/mol. The van der Waals surface area contributed by atoms with Crippen LogP contribution in [0.15, 0.2) is 60.8 Å². The number of thioether (sulfide) groups is 1. The molecule has 0 saturated carbocycles. The number of benzene rings is 2. The zero-order valence-corrected chi connectivity index (χ0v) is 20.7. The van der Waals surface area contributed by atoms with Crippen LogP contribution in [-0.4, -0.2) is 47.5 Å². The van der Waals surface area contributed by atoms with Gasteiger partial charge in [-0.3, -0.25) is 14.7 Å². The van der Waals surface area contributed by atoms with Crippen LogP contribution in [0.1, 0.15) is 38.1 Å². The molecule has 0 aliphatic carbocycles. The van der Waals surface area contributed by atoms with Crippen molar-refractivity contribution in [2.45, 2.75) is 25.3 Å². The van der Waals surface area contributed by atoms with Crippen molar-refractivity contribution in [3.63, 3.8) is 0 Å². The number of halogens is 1. The number of carboxylic acid groups (broad SMARTS) is 1. The second-order valence-electron chi connectivity index (χ2n) is 8.26. The summed E-state index contributed by atoms with van der Waals surface area (Å²) in [6.45, 7) is 3.28. The van der Waals surface area contributed by atoms with Gasteiger partial charge < -0.3 is 14.6 Å². The van der Waals surface area contributed by atoms with Crippen molar-refractivity contribution in [3.8, 4) is 0 Å². The average molecular weight is 511 g/mol. The number of carbonyl (C=O) groups is 2. The van der Waals surface area contributed by atoms with E-state index < -0.39 is 5.97 Å². The Morgan fingerprint density at radius 2 is 1.89 bits per heavy atom. The van der Waals surface area contributed by atoms with E-state index in [1.165, 1.54) is 30.0 Å². The van der Waals surface area contributed by atoms with Crippen LogP contribution in [0.2, 0.25) is 0 Å². The molecule has 1 atom stereocenters. The maximum absolute atomic E-state index is 13.4. The van der Waals surface area contributed by atoms with Crippen LogP contribution in [0, 0.1) is 12.7 Å².